The lowest BCUT2D eigenvalue weighted by Gasteiger charge is -2.26. The Labute approximate surface area is 160 Å². The molecule has 0 radical (unpaired) electrons. The Morgan fingerprint density at radius 3 is 2.52 bits per heavy atom. The number of carbonyl (C=O) groups is 1. The number of nitrogens with one attached hydrogen (secondary N) is 1. The van der Waals surface area contributed by atoms with E-state index in [1.807, 2.05) is 24.3 Å². The summed E-state index contributed by atoms with van der Waals surface area (Å²) in [5, 5.41) is 2.83. The van der Waals surface area contributed by atoms with Crippen LogP contribution in [0.3, 0.4) is 0 Å². The Balaban J connectivity index is 1.70. The van der Waals surface area contributed by atoms with Crippen molar-refractivity contribution < 1.29 is 18.0 Å². The SMILES string of the molecule is O=C(Nc1cc(C(F)(F)F)cc2c1Cc1ccccc1S2)C1CCCCC1. The van der Waals surface area contributed by atoms with Crippen molar-refractivity contribution in [2.45, 2.75) is 54.5 Å². The van der Waals surface area contributed by atoms with Crippen molar-refractivity contribution in [2.24, 2.45) is 5.92 Å². The van der Waals surface area contributed by atoms with Gasteiger partial charge in [0, 0.05) is 27.8 Å². The van der Waals surface area contributed by atoms with Gasteiger partial charge in [-0.25, -0.2) is 0 Å². The topological polar surface area (TPSA) is 29.1 Å². The normalized spacial score (nSPS) is 17.1. The molecule has 1 aliphatic heterocycles. The van der Waals surface area contributed by atoms with Crippen LogP contribution in [0, 0.1) is 5.92 Å². The van der Waals surface area contributed by atoms with Crippen molar-refractivity contribution in [3.8, 4) is 0 Å². The zero-order valence-corrected chi connectivity index (χ0v) is 15.6. The molecule has 142 valence electrons. The predicted octanol–water partition coefficient (Wildman–Crippen LogP) is 6.28. The molecular formula is C21H20F3NOS. The summed E-state index contributed by atoms with van der Waals surface area (Å²) in [6.07, 6.45) is 0.823. The number of fused-ring (bicyclic) bond motifs is 2. The number of benzene rings is 2. The first-order valence-corrected chi connectivity index (χ1v) is 10.0. The second-order valence-corrected chi connectivity index (χ2v) is 8.29. The first-order valence-electron chi connectivity index (χ1n) is 9.22. The van der Waals surface area contributed by atoms with Gasteiger partial charge in [0.1, 0.15) is 0 Å². The third-order valence-electron chi connectivity index (χ3n) is 5.33. The van der Waals surface area contributed by atoms with Crippen molar-refractivity contribution in [3.63, 3.8) is 0 Å². The lowest BCUT2D eigenvalue weighted by molar-refractivity contribution is -0.137. The Morgan fingerprint density at radius 1 is 1.04 bits per heavy atom. The third-order valence-corrected chi connectivity index (χ3v) is 6.53. The van der Waals surface area contributed by atoms with Crippen LogP contribution in [0.25, 0.3) is 0 Å². The van der Waals surface area contributed by atoms with Crippen LogP contribution in [-0.2, 0) is 17.4 Å². The van der Waals surface area contributed by atoms with E-state index < -0.39 is 11.7 Å². The number of rotatable bonds is 2. The van der Waals surface area contributed by atoms with E-state index in [9.17, 15) is 18.0 Å². The Hall–Kier alpha value is -1.95. The van der Waals surface area contributed by atoms with E-state index in [1.54, 1.807) is 0 Å². The van der Waals surface area contributed by atoms with Crippen LogP contribution in [0.2, 0.25) is 0 Å². The number of halogens is 3. The molecule has 1 N–H and O–H groups in total. The van der Waals surface area contributed by atoms with Gasteiger partial charge in [-0.3, -0.25) is 4.79 Å². The molecule has 1 aliphatic carbocycles. The Kier molecular flexibility index (Phi) is 4.93. The van der Waals surface area contributed by atoms with E-state index >= 15 is 0 Å². The Morgan fingerprint density at radius 2 is 1.78 bits per heavy atom. The molecule has 1 fully saturated rings. The highest BCUT2D eigenvalue weighted by Gasteiger charge is 2.34. The lowest BCUT2D eigenvalue weighted by atomic mass is 9.88. The summed E-state index contributed by atoms with van der Waals surface area (Å²) < 4.78 is 40.2. The second kappa shape index (κ2) is 7.23. The summed E-state index contributed by atoms with van der Waals surface area (Å²) in [6.45, 7) is 0. The molecule has 0 spiro atoms. The molecule has 6 heteroatoms. The largest absolute Gasteiger partial charge is 0.416 e. The number of anilines is 1. The van der Waals surface area contributed by atoms with Crippen molar-refractivity contribution in [1.29, 1.82) is 0 Å². The van der Waals surface area contributed by atoms with Crippen LogP contribution in [0.5, 0.6) is 0 Å². The van der Waals surface area contributed by atoms with Crippen LogP contribution >= 0.6 is 11.8 Å². The number of hydrogen-bond acceptors (Lipinski definition) is 2. The highest BCUT2D eigenvalue weighted by Crippen LogP contribution is 2.45. The highest BCUT2D eigenvalue weighted by molar-refractivity contribution is 7.99. The van der Waals surface area contributed by atoms with E-state index in [2.05, 4.69) is 5.32 Å². The fourth-order valence-corrected chi connectivity index (χ4v) is 5.00. The minimum absolute atomic E-state index is 0.104. The van der Waals surface area contributed by atoms with Crippen LogP contribution in [0.4, 0.5) is 18.9 Å². The second-order valence-electron chi connectivity index (χ2n) is 7.21. The van der Waals surface area contributed by atoms with Crippen molar-refractivity contribution in [2.75, 3.05) is 5.32 Å². The smallest absolute Gasteiger partial charge is 0.326 e. The van der Waals surface area contributed by atoms with E-state index in [4.69, 9.17) is 0 Å². The number of amides is 1. The number of hydrogen-bond donors (Lipinski definition) is 1. The summed E-state index contributed by atoms with van der Waals surface area (Å²) in [5.41, 5.74) is 1.43. The van der Waals surface area contributed by atoms with E-state index in [0.717, 1.165) is 54.2 Å². The van der Waals surface area contributed by atoms with Gasteiger partial charge >= 0.3 is 6.18 Å². The molecular weight excluding hydrogens is 371 g/mol. The number of alkyl halides is 3. The van der Waals surface area contributed by atoms with Gasteiger partial charge in [-0.05, 0) is 42.2 Å². The quantitative estimate of drug-likeness (QED) is 0.557. The predicted molar refractivity (Wildman–Crippen MR) is 100 cm³/mol. The van der Waals surface area contributed by atoms with Gasteiger partial charge in [0.2, 0.25) is 5.91 Å². The summed E-state index contributed by atoms with van der Waals surface area (Å²) in [7, 11) is 0. The summed E-state index contributed by atoms with van der Waals surface area (Å²) in [4.78, 5) is 14.2. The van der Waals surface area contributed by atoms with Gasteiger partial charge in [-0.2, -0.15) is 13.2 Å². The first-order chi connectivity index (χ1) is 12.9. The average Bonchev–Trinajstić information content (AvgIpc) is 2.66. The molecule has 2 nitrogen and oxygen atoms in total. The molecule has 0 atom stereocenters. The monoisotopic (exact) mass is 391 g/mol. The molecule has 1 heterocycles. The average molecular weight is 391 g/mol. The number of carbonyl (C=O) groups excluding carboxylic acids is 1. The van der Waals surface area contributed by atoms with Crippen LogP contribution in [-0.4, -0.2) is 5.91 Å². The zero-order chi connectivity index (χ0) is 19.0. The standard InChI is InChI=1S/C21H20F3NOS/c22-21(23,24)15-11-17(25-20(26)13-6-2-1-3-7-13)16-10-14-8-4-5-9-18(14)27-19(16)12-15/h4-5,8-9,11-13H,1-3,6-7,10H2,(H,25,26). The summed E-state index contributed by atoms with van der Waals surface area (Å²) in [5.74, 6) is -0.257. The van der Waals surface area contributed by atoms with Gasteiger partial charge in [-0.15, -0.1) is 0 Å². The van der Waals surface area contributed by atoms with Gasteiger partial charge in [0.15, 0.2) is 0 Å². The molecule has 27 heavy (non-hydrogen) atoms. The summed E-state index contributed by atoms with van der Waals surface area (Å²) >= 11 is 1.34. The molecule has 0 saturated heterocycles. The van der Waals surface area contributed by atoms with Crippen molar-refractivity contribution in [3.05, 3.63) is 53.1 Å². The van der Waals surface area contributed by atoms with E-state index in [-0.39, 0.29) is 11.8 Å². The maximum absolute atomic E-state index is 13.4. The molecule has 2 aromatic rings. The van der Waals surface area contributed by atoms with Gasteiger partial charge in [0.25, 0.3) is 0 Å². The minimum atomic E-state index is -4.45. The fraction of sp³-hybridized carbons (Fsp3) is 0.381. The Bertz CT molecular complexity index is 872. The van der Waals surface area contributed by atoms with Crippen LogP contribution < -0.4 is 5.32 Å². The van der Waals surface area contributed by atoms with Crippen LogP contribution in [0.1, 0.15) is 48.8 Å². The molecule has 0 unspecified atom stereocenters. The molecule has 1 amide bonds. The lowest BCUT2D eigenvalue weighted by Crippen LogP contribution is -2.26. The van der Waals surface area contributed by atoms with Gasteiger partial charge in [-0.1, -0.05) is 49.2 Å². The maximum atomic E-state index is 13.4. The minimum Gasteiger partial charge on any atom is -0.326 e. The fourth-order valence-electron chi connectivity index (χ4n) is 3.85. The van der Waals surface area contributed by atoms with Crippen molar-refractivity contribution >= 4 is 23.4 Å². The van der Waals surface area contributed by atoms with Crippen molar-refractivity contribution in [1.82, 2.24) is 0 Å². The molecule has 4 rings (SSSR count). The molecule has 2 aromatic carbocycles. The molecule has 0 aromatic heterocycles. The third kappa shape index (κ3) is 3.86. The van der Waals surface area contributed by atoms with E-state index in [0.29, 0.717) is 17.0 Å². The van der Waals surface area contributed by atoms with E-state index in [1.165, 1.54) is 17.8 Å². The highest BCUT2D eigenvalue weighted by atomic mass is 32.2. The van der Waals surface area contributed by atoms with Gasteiger partial charge < -0.3 is 5.32 Å². The zero-order valence-electron chi connectivity index (χ0n) is 14.7. The summed E-state index contributed by atoms with van der Waals surface area (Å²) in [6, 6.07) is 10.0. The maximum Gasteiger partial charge on any atom is 0.416 e. The van der Waals surface area contributed by atoms with Crippen LogP contribution in [0.15, 0.2) is 46.2 Å². The molecule has 2 aliphatic rings. The molecule has 0 bridgehead atoms. The first kappa shape index (κ1) is 18.4. The molecule has 1 saturated carbocycles. The van der Waals surface area contributed by atoms with Gasteiger partial charge in [0.05, 0.1) is 5.56 Å².